The van der Waals surface area contributed by atoms with E-state index in [0.717, 1.165) is 16.7 Å². The highest BCUT2D eigenvalue weighted by Gasteiger charge is 2.19. The number of aromatic nitrogens is 1. The van der Waals surface area contributed by atoms with Crippen molar-refractivity contribution in [2.24, 2.45) is 0 Å². The number of nitrogens with zero attached hydrogens (tertiary/aromatic N) is 1. The molecule has 3 heterocycles. The Morgan fingerprint density at radius 3 is 2.64 bits per heavy atom. The van der Waals surface area contributed by atoms with Gasteiger partial charge in [-0.2, -0.15) is 0 Å². The Balaban J connectivity index is 1.42. The summed E-state index contributed by atoms with van der Waals surface area (Å²) >= 11 is 5.75. The fourth-order valence-corrected chi connectivity index (χ4v) is 4.16. The second-order valence-electron chi connectivity index (χ2n) is 7.93. The normalized spacial score (nSPS) is 13.1. The van der Waals surface area contributed by atoms with E-state index in [0.29, 0.717) is 40.8 Å². The molecule has 0 saturated heterocycles. The molecule has 2 N–H and O–H groups in total. The molecule has 0 aliphatic carbocycles. The molecule has 0 amide bonds. The summed E-state index contributed by atoms with van der Waals surface area (Å²) < 4.78 is 16.4. The number of rotatable bonds is 6. The van der Waals surface area contributed by atoms with Crippen LogP contribution in [0.2, 0.25) is 0 Å². The van der Waals surface area contributed by atoms with Gasteiger partial charge in [0.1, 0.15) is 5.76 Å². The summed E-state index contributed by atoms with van der Waals surface area (Å²) in [6.45, 7) is 2.98. The summed E-state index contributed by atoms with van der Waals surface area (Å²) in [5.74, 6) is 2.06. The minimum atomic E-state index is -0.176. The van der Waals surface area contributed by atoms with Gasteiger partial charge in [-0.15, -0.1) is 0 Å². The van der Waals surface area contributed by atoms with Crippen LogP contribution in [0.5, 0.6) is 11.5 Å². The van der Waals surface area contributed by atoms with Gasteiger partial charge >= 0.3 is 0 Å². The van der Waals surface area contributed by atoms with Gasteiger partial charge in [-0.1, -0.05) is 30.3 Å². The first-order valence-corrected chi connectivity index (χ1v) is 11.1. The standard InChI is InChI=1S/C25H23N3O4S/c1-16(17-6-3-2-4-7-17)26-25(33)28(14-20-8-5-9-30-20)13-19-10-18-11-22-23(32-15-31-22)12-21(18)27-24(19)29/h2-12,16H,13-15H2,1H3,(H,26,33)(H,27,29)/t16-/m1/s1. The molecular weight excluding hydrogens is 438 g/mol. The monoisotopic (exact) mass is 461 g/mol. The van der Waals surface area contributed by atoms with Gasteiger partial charge in [-0.3, -0.25) is 4.79 Å². The number of thiocarbonyl (C=S) groups is 1. The van der Waals surface area contributed by atoms with Crippen molar-refractivity contribution in [3.63, 3.8) is 0 Å². The predicted molar refractivity (Wildman–Crippen MR) is 129 cm³/mol. The molecule has 33 heavy (non-hydrogen) atoms. The van der Waals surface area contributed by atoms with E-state index in [9.17, 15) is 4.79 Å². The van der Waals surface area contributed by atoms with Crippen molar-refractivity contribution < 1.29 is 13.9 Å². The predicted octanol–water partition coefficient (Wildman–Crippen LogP) is 4.49. The number of H-pyrrole nitrogens is 1. The van der Waals surface area contributed by atoms with Crippen LogP contribution in [0.25, 0.3) is 10.9 Å². The van der Waals surface area contributed by atoms with E-state index in [2.05, 4.69) is 29.4 Å². The summed E-state index contributed by atoms with van der Waals surface area (Å²) in [4.78, 5) is 17.8. The molecule has 0 radical (unpaired) electrons. The maximum absolute atomic E-state index is 12.9. The first kappa shape index (κ1) is 21.1. The van der Waals surface area contributed by atoms with Crippen LogP contribution in [0, 0.1) is 0 Å². The lowest BCUT2D eigenvalue weighted by molar-refractivity contribution is 0.174. The fraction of sp³-hybridized carbons (Fsp3) is 0.200. The SMILES string of the molecule is C[C@@H](NC(=S)N(Cc1ccco1)Cc1cc2cc3c(cc2[nH]c1=O)OCO3)c1ccccc1. The molecule has 0 saturated carbocycles. The van der Waals surface area contributed by atoms with Gasteiger partial charge in [-0.25, -0.2) is 0 Å². The summed E-state index contributed by atoms with van der Waals surface area (Å²) in [7, 11) is 0. The number of hydrogen-bond donors (Lipinski definition) is 2. The minimum absolute atomic E-state index is 0.00688. The molecule has 1 aliphatic rings. The lowest BCUT2D eigenvalue weighted by Gasteiger charge is -2.27. The maximum atomic E-state index is 12.9. The van der Waals surface area contributed by atoms with Crippen LogP contribution >= 0.6 is 12.2 Å². The number of aromatic amines is 1. The smallest absolute Gasteiger partial charge is 0.253 e. The summed E-state index contributed by atoms with van der Waals surface area (Å²) in [5.41, 5.74) is 2.23. The third kappa shape index (κ3) is 4.56. The van der Waals surface area contributed by atoms with E-state index in [4.69, 9.17) is 26.1 Å². The third-order valence-corrected chi connectivity index (χ3v) is 6.01. The van der Waals surface area contributed by atoms with Crippen molar-refractivity contribution in [1.82, 2.24) is 15.2 Å². The number of hydrogen-bond acceptors (Lipinski definition) is 5. The molecule has 2 aromatic carbocycles. The summed E-state index contributed by atoms with van der Waals surface area (Å²) in [6, 6.07) is 19.3. The van der Waals surface area contributed by atoms with Gasteiger partial charge in [0.2, 0.25) is 6.79 Å². The molecule has 8 heteroatoms. The van der Waals surface area contributed by atoms with E-state index in [1.54, 1.807) is 12.3 Å². The average molecular weight is 462 g/mol. The van der Waals surface area contributed by atoms with Gasteiger partial charge in [0.25, 0.3) is 5.56 Å². The molecule has 4 aromatic rings. The first-order valence-electron chi connectivity index (χ1n) is 10.6. The molecule has 0 spiro atoms. The maximum Gasteiger partial charge on any atom is 0.253 e. The van der Waals surface area contributed by atoms with Gasteiger partial charge in [0.05, 0.1) is 30.9 Å². The Morgan fingerprint density at radius 1 is 1.09 bits per heavy atom. The van der Waals surface area contributed by atoms with Crippen molar-refractivity contribution in [2.75, 3.05) is 6.79 Å². The van der Waals surface area contributed by atoms with Crippen LogP contribution in [0.4, 0.5) is 0 Å². The molecule has 5 rings (SSSR count). The number of benzene rings is 2. The first-order chi connectivity index (χ1) is 16.1. The van der Waals surface area contributed by atoms with Gasteiger partial charge < -0.3 is 29.1 Å². The highest BCUT2D eigenvalue weighted by atomic mass is 32.1. The highest BCUT2D eigenvalue weighted by molar-refractivity contribution is 7.80. The molecule has 7 nitrogen and oxygen atoms in total. The van der Waals surface area contributed by atoms with Crippen molar-refractivity contribution in [3.8, 4) is 11.5 Å². The van der Waals surface area contributed by atoms with Gasteiger partial charge in [0, 0.05) is 17.0 Å². The van der Waals surface area contributed by atoms with Crippen LogP contribution in [-0.2, 0) is 13.1 Å². The van der Waals surface area contributed by atoms with E-state index in [1.807, 2.05) is 47.4 Å². The molecule has 0 unspecified atom stereocenters. The Kier molecular flexibility index (Phi) is 5.75. The minimum Gasteiger partial charge on any atom is -0.467 e. The number of fused-ring (bicyclic) bond motifs is 2. The van der Waals surface area contributed by atoms with Gasteiger partial charge in [-0.05, 0) is 49.0 Å². The zero-order valence-electron chi connectivity index (χ0n) is 18.0. The number of furan rings is 1. The van der Waals surface area contributed by atoms with Crippen molar-refractivity contribution >= 4 is 28.2 Å². The van der Waals surface area contributed by atoms with Crippen LogP contribution < -0.4 is 20.3 Å². The zero-order valence-corrected chi connectivity index (χ0v) is 18.9. The molecule has 0 fully saturated rings. The molecule has 1 atom stereocenters. The topological polar surface area (TPSA) is 79.7 Å². The van der Waals surface area contributed by atoms with E-state index in [1.165, 1.54) is 0 Å². The van der Waals surface area contributed by atoms with E-state index < -0.39 is 0 Å². The van der Waals surface area contributed by atoms with Gasteiger partial charge in [0.15, 0.2) is 16.6 Å². The Morgan fingerprint density at radius 2 is 1.88 bits per heavy atom. The second kappa shape index (κ2) is 8.99. The molecule has 168 valence electrons. The Hall–Kier alpha value is -3.78. The number of pyridine rings is 1. The molecular formula is C25H23N3O4S. The Bertz CT molecular complexity index is 1340. The fourth-order valence-electron chi connectivity index (χ4n) is 3.86. The summed E-state index contributed by atoms with van der Waals surface area (Å²) in [6.07, 6.45) is 1.63. The number of nitrogens with one attached hydrogen (secondary N) is 2. The second-order valence-corrected chi connectivity index (χ2v) is 8.32. The Labute approximate surface area is 195 Å². The summed E-state index contributed by atoms with van der Waals surface area (Å²) in [5, 5.41) is 4.79. The van der Waals surface area contributed by atoms with E-state index >= 15 is 0 Å². The van der Waals surface area contributed by atoms with Crippen LogP contribution in [0.15, 0.2) is 76.1 Å². The quantitative estimate of drug-likeness (QED) is 0.410. The zero-order chi connectivity index (χ0) is 22.8. The average Bonchev–Trinajstić information content (AvgIpc) is 3.50. The molecule has 1 aliphatic heterocycles. The van der Waals surface area contributed by atoms with Crippen molar-refractivity contribution in [1.29, 1.82) is 0 Å². The van der Waals surface area contributed by atoms with Crippen LogP contribution in [0.3, 0.4) is 0 Å². The lowest BCUT2D eigenvalue weighted by atomic mass is 10.1. The highest BCUT2D eigenvalue weighted by Crippen LogP contribution is 2.35. The number of ether oxygens (including phenoxy) is 2. The molecule has 0 bridgehead atoms. The largest absolute Gasteiger partial charge is 0.467 e. The van der Waals surface area contributed by atoms with Crippen molar-refractivity contribution in [2.45, 2.75) is 26.1 Å². The lowest BCUT2D eigenvalue weighted by Crippen LogP contribution is -2.41. The molecule has 2 aromatic heterocycles. The van der Waals surface area contributed by atoms with E-state index in [-0.39, 0.29) is 18.4 Å². The third-order valence-electron chi connectivity index (χ3n) is 5.63. The van der Waals surface area contributed by atoms with Crippen LogP contribution in [-0.4, -0.2) is 21.8 Å². The van der Waals surface area contributed by atoms with Crippen molar-refractivity contribution in [3.05, 3.63) is 94.2 Å². The van der Waals surface area contributed by atoms with Crippen LogP contribution in [0.1, 0.15) is 29.9 Å².